The molecule has 1 heterocycles. The van der Waals surface area contributed by atoms with Crippen LogP contribution in [0.5, 0.6) is 5.75 Å². The van der Waals surface area contributed by atoms with Crippen molar-refractivity contribution in [3.63, 3.8) is 0 Å². The fourth-order valence-electron chi connectivity index (χ4n) is 3.42. The van der Waals surface area contributed by atoms with Gasteiger partial charge >= 0.3 is 0 Å². The quantitative estimate of drug-likeness (QED) is 0.828. The minimum absolute atomic E-state index is 0.243. The SMILES string of the molecule is COc1ccc(C)cc1C(=O)Nc1ccc(S(=O)(=O)N2CCCC(C)C2)cc1. The Balaban J connectivity index is 1.76. The molecule has 2 aromatic rings. The molecule has 1 aliphatic heterocycles. The Hall–Kier alpha value is -2.38. The van der Waals surface area contributed by atoms with Crippen LogP contribution in [0.3, 0.4) is 0 Å². The molecule has 28 heavy (non-hydrogen) atoms. The van der Waals surface area contributed by atoms with Crippen molar-refractivity contribution in [2.45, 2.75) is 31.6 Å². The lowest BCUT2D eigenvalue weighted by atomic mass is 10.0. The Kier molecular flexibility index (Phi) is 6.05. The summed E-state index contributed by atoms with van der Waals surface area (Å²) >= 11 is 0. The fraction of sp³-hybridized carbons (Fsp3) is 0.381. The number of rotatable bonds is 5. The molecule has 0 radical (unpaired) electrons. The normalized spacial score (nSPS) is 17.9. The van der Waals surface area contributed by atoms with E-state index in [1.165, 1.54) is 19.2 Å². The Labute approximate surface area is 166 Å². The van der Waals surface area contributed by atoms with E-state index in [-0.39, 0.29) is 10.8 Å². The molecule has 7 heteroatoms. The predicted octanol–water partition coefficient (Wildman–Crippen LogP) is 3.68. The van der Waals surface area contributed by atoms with Gasteiger partial charge in [-0.1, -0.05) is 18.6 Å². The summed E-state index contributed by atoms with van der Waals surface area (Å²) in [6.07, 6.45) is 1.94. The number of ether oxygens (including phenoxy) is 1. The van der Waals surface area contributed by atoms with Crippen LogP contribution in [-0.4, -0.2) is 38.8 Å². The zero-order valence-corrected chi connectivity index (χ0v) is 17.3. The number of hydrogen-bond acceptors (Lipinski definition) is 4. The Morgan fingerprint density at radius 2 is 1.89 bits per heavy atom. The maximum Gasteiger partial charge on any atom is 0.259 e. The van der Waals surface area contributed by atoms with Crippen LogP contribution in [0, 0.1) is 12.8 Å². The maximum atomic E-state index is 12.8. The first-order chi connectivity index (χ1) is 13.3. The summed E-state index contributed by atoms with van der Waals surface area (Å²) in [5, 5.41) is 2.80. The van der Waals surface area contributed by atoms with Gasteiger partial charge in [-0.05, 0) is 62.1 Å². The summed E-state index contributed by atoms with van der Waals surface area (Å²) in [5.74, 6) is 0.550. The number of sulfonamides is 1. The molecule has 6 nitrogen and oxygen atoms in total. The molecule has 0 saturated carbocycles. The third kappa shape index (κ3) is 4.36. The number of anilines is 1. The lowest BCUT2D eigenvalue weighted by Gasteiger charge is -2.30. The highest BCUT2D eigenvalue weighted by molar-refractivity contribution is 7.89. The van der Waals surface area contributed by atoms with Crippen LogP contribution in [0.4, 0.5) is 5.69 Å². The average Bonchev–Trinajstić information content (AvgIpc) is 2.68. The smallest absolute Gasteiger partial charge is 0.259 e. The van der Waals surface area contributed by atoms with Crippen LogP contribution in [0.1, 0.15) is 35.7 Å². The molecule has 1 unspecified atom stereocenters. The van der Waals surface area contributed by atoms with E-state index < -0.39 is 10.0 Å². The van der Waals surface area contributed by atoms with E-state index in [1.54, 1.807) is 28.6 Å². The van der Waals surface area contributed by atoms with Gasteiger partial charge in [0.2, 0.25) is 10.0 Å². The molecule has 0 aromatic heterocycles. The van der Waals surface area contributed by atoms with Gasteiger partial charge in [0.25, 0.3) is 5.91 Å². The van der Waals surface area contributed by atoms with Crippen LogP contribution >= 0.6 is 0 Å². The van der Waals surface area contributed by atoms with Gasteiger partial charge in [-0.2, -0.15) is 4.31 Å². The van der Waals surface area contributed by atoms with Gasteiger partial charge in [-0.3, -0.25) is 4.79 Å². The van der Waals surface area contributed by atoms with Crippen molar-refractivity contribution in [1.82, 2.24) is 4.31 Å². The summed E-state index contributed by atoms with van der Waals surface area (Å²) in [6, 6.07) is 11.7. The van der Waals surface area contributed by atoms with Gasteiger partial charge in [0.15, 0.2) is 0 Å². The lowest BCUT2D eigenvalue weighted by molar-refractivity contribution is 0.102. The van der Waals surface area contributed by atoms with Crippen molar-refractivity contribution in [2.75, 3.05) is 25.5 Å². The number of hydrogen-bond donors (Lipinski definition) is 1. The topological polar surface area (TPSA) is 75.7 Å². The highest BCUT2D eigenvalue weighted by Crippen LogP contribution is 2.25. The average molecular weight is 403 g/mol. The monoisotopic (exact) mass is 402 g/mol. The number of nitrogens with zero attached hydrogens (tertiary/aromatic N) is 1. The zero-order valence-electron chi connectivity index (χ0n) is 16.4. The second kappa shape index (κ2) is 8.32. The summed E-state index contributed by atoms with van der Waals surface area (Å²) in [6.45, 7) is 5.07. The number of benzene rings is 2. The predicted molar refractivity (Wildman–Crippen MR) is 109 cm³/mol. The highest BCUT2D eigenvalue weighted by atomic mass is 32.2. The lowest BCUT2D eigenvalue weighted by Crippen LogP contribution is -2.39. The first kappa shape index (κ1) is 20.4. The van der Waals surface area contributed by atoms with Gasteiger partial charge < -0.3 is 10.1 Å². The first-order valence-electron chi connectivity index (χ1n) is 9.37. The zero-order chi connectivity index (χ0) is 20.3. The summed E-state index contributed by atoms with van der Waals surface area (Å²) in [4.78, 5) is 12.8. The number of amides is 1. The third-order valence-electron chi connectivity index (χ3n) is 4.97. The number of methoxy groups -OCH3 is 1. The molecular formula is C21H26N2O4S. The second-order valence-electron chi connectivity index (χ2n) is 7.29. The van der Waals surface area contributed by atoms with E-state index in [0.29, 0.717) is 36.0 Å². The van der Waals surface area contributed by atoms with Crippen LogP contribution < -0.4 is 10.1 Å². The van der Waals surface area contributed by atoms with Crippen molar-refractivity contribution in [3.8, 4) is 5.75 Å². The van der Waals surface area contributed by atoms with Gasteiger partial charge in [-0.15, -0.1) is 0 Å². The van der Waals surface area contributed by atoms with Gasteiger partial charge in [-0.25, -0.2) is 8.42 Å². The minimum atomic E-state index is -3.51. The summed E-state index contributed by atoms with van der Waals surface area (Å²) in [7, 11) is -1.99. The molecule has 1 aliphatic rings. The van der Waals surface area contributed by atoms with E-state index >= 15 is 0 Å². The maximum absolute atomic E-state index is 12.8. The molecule has 1 fully saturated rings. The highest BCUT2D eigenvalue weighted by Gasteiger charge is 2.28. The van der Waals surface area contributed by atoms with Crippen molar-refractivity contribution in [3.05, 3.63) is 53.6 Å². The molecule has 1 amide bonds. The Morgan fingerprint density at radius 3 is 2.54 bits per heavy atom. The van der Waals surface area contributed by atoms with Gasteiger partial charge in [0, 0.05) is 18.8 Å². The largest absolute Gasteiger partial charge is 0.496 e. The number of carbonyl (C=O) groups excluding carboxylic acids is 1. The molecule has 0 bridgehead atoms. The molecular weight excluding hydrogens is 376 g/mol. The fourth-order valence-corrected chi connectivity index (χ4v) is 5.02. The molecule has 1 saturated heterocycles. The van der Waals surface area contributed by atoms with Crippen molar-refractivity contribution >= 4 is 21.6 Å². The Morgan fingerprint density at radius 1 is 1.18 bits per heavy atom. The molecule has 0 aliphatic carbocycles. The number of nitrogens with one attached hydrogen (secondary N) is 1. The number of aryl methyl sites for hydroxylation is 1. The number of piperidine rings is 1. The first-order valence-corrected chi connectivity index (χ1v) is 10.8. The van der Waals surface area contributed by atoms with Gasteiger partial charge in [0.05, 0.1) is 17.6 Å². The van der Waals surface area contributed by atoms with Crippen LogP contribution in [-0.2, 0) is 10.0 Å². The number of carbonyl (C=O) groups is 1. The van der Waals surface area contributed by atoms with Crippen LogP contribution in [0.2, 0.25) is 0 Å². The molecule has 0 spiro atoms. The summed E-state index contributed by atoms with van der Waals surface area (Å²) in [5.41, 5.74) is 1.91. The van der Waals surface area contributed by atoms with E-state index in [9.17, 15) is 13.2 Å². The third-order valence-corrected chi connectivity index (χ3v) is 6.85. The Bertz CT molecular complexity index is 955. The molecule has 2 aromatic carbocycles. The van der Waals surface area contributed by atoms with Crippen LogP contribution in [0.15, 0.2) is 47.4 Å². The molecule has 3 rings (SSSR count). The van der Waals surface area contributed by atoms with E-state index in [2.05, 4.69) is 12.2 Å². The van der Waals surface area contributed by atoms with E-state index in [0.717, 1.165) is 18.4 Å². The standard InChI is InChI=1S/C21H26N2O4S/c1-15-6-11-20(27-3)19(13-15)21(24)22-17-7-9-18(10-8-17)28(25,26)23-12-4-5-16(2)14-23/h6-11,13,16H,4-5,12,14H2,1-3H3,(H,22,24). The van der Waals surface area contributed by atoms with E-state index in [1.807, 2.05) is 13.0 Å². The summed E-state index contributed by atoms with van der Waals surface area (Å²) < 4.78 is 32.5. The molecule has 1 atom stereocenters. The van der Waals surface area contributed by atoms with E-state index in [4.69, 9.17) is 4.74 Å². The molecule has 1 N–H and O–H groups in total. The second-order valence-corrected chi connectivity index (χ2v) is 9.23. The van der Waals surface area contributed by atoms with Gasteiger partial charge in [0.1, 0.15) is 5.75 Å². The van der Waals surface area contributed by atoms with Crippen molar-refractivity contribution in [1.29, 1.82) is 0 Å². The van der Waals surface area contributed by atoms with Crippen molar-refractivity contribution < 1.29 is 17.9 Å². The minimum Gasteiger partial charge on any atom is -0.496 e. The van der Waals surface area contributed by atoms with Crippen molar-refractivity contribution in [2.24, 2.45) is 5.92 Å². The molecule has 150 valence electrons. The van der Waals surface area contributed by atoms with Crippen LogP contribution in [0.25, 0.3) is 0 Å².